The molecule has 0 aromatic heterocycles. The third-order valence-corrected chi connectivity index (χ3v) is 3.92. The first-order chi connectivity index (χ1) is 9.86. The number of halogens is 1. The monoisotopic (exact) mass is 295 g/mol. The van der Waals surface area contributed by atoms with Gasteiger partial charge < -0.3 is 10.6 Å². The van der Waals surface area contributed by atoms with Gasteiger partial charge in [0, 0.05) is 12.6 Å². The SMILES string of the molecule is CNc1cc(C(=O)NC2(C)CCCC2)c([N+](=O)[O-])cc1F. The van der Waals surface area contributed by atoms with Gasteiger partial charge in [-0.2, -0.15) is 0 Å². The number of nitro groups is 1. The zero-order valence-electron chi connectivity index (χ0n) is 12.0. The quantitative estimate of drug-likeness (QED) is 0.661. The average molecular weight is 295 g/mol. The molecule has 1 aliphatic carbocycles. The molecule has 0 spiro atoms. The van der Waals surface area contributed by atoms with Gasteiger partial charge in [0.2, 0.25) is 0 Å². The van der Waals surface area contributed by atoms with E-state index in [1.54, 1.807) is 0 Å². The van der Waals surface area contributed by atoms with E-state index in [1.165, 1.54) is 13.1 Å². The summed E-state index contributed by atoms with van der Waals surface area (Å²) in [6, 6.07) is 1.96. The number of nitrogens with one attached hydrogen (secondary N) is 2. The molecule has 1 amide bonds. The minimum absolute atomic E-state index is 0.0577. The largest absolute Gasteiger partial charge is 0.386 e. The van der Waals surface area contributed by atoms with Gasteiger partial charge in [-0.3, -0.25) is 14.9 Å². The Kier molecular flexibility index (Phi) is 4.11. The zero-order valence-corrected chi connectivity index (χ0v) is 12.0. The van der Waals surface area contributed by atoms with Gasteiger partial charge in [-0.05, 0) is 25.8 Å². The van der Waals surface area contributed by atoms with Crippen LogP contribution in [0.1, 0.15) is 43.0 Å². The summed E-state index contributed by atoms with van der Waals surface area (Å²) in [5.74, 6) is -1.30. The van der Waals surface area contributed by atoms with Crippen molar-refractivity contribution in [3.8, 4) is 0 Å². The predicted octanol–water partition coefficient (Wildman–Crippen LogP) is 2.84. The van der Waals surface area contributed by atoms with Crippen LogP contribution in [-0.4, -0.2) is 23.4 Å². The Bertz CT molecular complexity index is 583. The smallest absolute Gasteiger partial charge is 0.285 e. The number of nitrogens with zero attached hydrogens (tertiary/aromatic N) is 1. The van der Waals surface area contributed by atoms with Crippen LogP contribution in [0.25, 0.3) is 0 Å². The van der Waals surface area contributed by atoms with Gasteiger partial charge in [0.15, 0.2) is 5.82 Å². The molecule has 0 aliphatic heterocycles. The molecule has 0 saturated heterocycles. The maximum absolute atomic E-state index is 13.6. The van der Waals surface area contributed by atoms with Crippen molar-refractivity contribution in [1.29, 1.82) is 0 Å². The van der Waals surface area contributed by atoms with E-state index in [-0.39, 0.29) is 16.8 Å². The molecule has 2 N–H and O–H groups in total. The molecule has 0 unspecified atom stereocenters. The molecule has 0 bridgehead atoms. The Morgan fingerprint density at radius 3 is 2.52 bits per heavy atom. The number of rotatable bonds is 4. The maximum atomic E-state index is 13.6. The molecule has 7 heteroatoms. The second kappa shape index (κ2) is 5.67. The Balaban J connectivity index is 2.36. The van der Waals surface area contributed by atoms with Gasteiger partial charge in [0.1, 0.15) is 5.56 Å². The molecule has 0 heterocycles. The fourth-order valence-electron chi connectivity index (χ4n) is 2.71. The molecule has 1 aromatic rings. The topological polar surface area (TPSA) is 84.3 Å². The highest BCUT2D eigenvalue weighted by Crippen LogP contribution is 2.31. The van der Waals surface area contributed by atoms with Crippen molar-refractivity contribution in [2.75, 3.05) is 12.4 Å². The minimum Gasteiger partial charge on any atom is -0.386 e. The van der Waals surface area contributed by atoms with Crippen molar-refractivity contribution in [1.82, 2.24) is 5.32 Å². The highest BCUT2D eigenvalue weighted by atomic mass is 19.1. The second-order valence-corrected chi connectivity index (χ2v) is 5.58. The van der Waals surface area contributed by atoms with Gasteiger partial charge in [0.05, 0.1) is 16.7 Å². The maximum Gasteiger partial charge on any atom is 0.285 e. The molecular formula is C14H18FN3O3. The van der Waals surface area contributed by atoms with Gasteiger partial charge in [-0.1, -0.05) is 12.8 Å². The van der Waals surface area contributed by atoms with Gasteiger partial charge in [0.25, 0.3) is 11.6 Å². The first-order valence-corrected chi connectivity index (χ1v) is 6.84. The van der Waals surface area contributed by atoms with Crippen LogP contribution in [-0.2, 0) is 0 Å². The van der Waals surface area contributed by atoms with Crippen LogP contribution < -0.4 is 10.6 Å². The van der Waals surface area contributed by atoms with Crippen LogP contribution >= 0.6 is 0 Å². The van der Waals surface area contributed by atoms with E-state index in [0.717, 1.165) is 31.7 Å². The molecule has 0 atom stereocenters. The zero-order chi connectivity index (χ0) is 15.6. The van der Waals surface area contributed by atoms with Crippen LogP contribution in [0.2, 0.25) is 0 Å². The Morgan fingerprint density at radius 2 is 2.00 bits per heavy atom. The lowest BCUT2D eigenvalue weighted by atomic mass is 9.99. The van der Waals surface area contributed by atoms with Crippen LogP contribution in [0.4, 0.5) is 15.8 Å². The fraction of sp³-hybridized carbons (Fsp3) is 0.500. The lowest BCUT2D eigenvalue weighted by molar-refractivity contribution is -0.385. The minimum atomic E-state index is -0.757. The summed E-state index contributed by atoms with van der Waals surface area (Å²) >= 11 is 0. The second-order valence-electron chi connectivity index (χ2n) is 5.58. The summed E-state index contributed by atoms with van der Waals surface area (Å²) in [5, 5.41) is 16.5. The Morgan fingerprint density at radius 1 is 1.38 bits per heavy atom. The molecule has 114 valence electrons. The van der Waals surface area contributed by atoms with E-state index in [4.69, 9.17) is 0 Å². The van der Waals surface area contributed by atoms with E-state index in [9.17, 15) is 19.3 Å². The van der Waals surface area contributed by atoms with Crippen molar-refractivity contribution in [3.05, 3.63) is 33.6 Å². The lowest BCUT2D eigenvalue weighted by Gasteiger charge is -2.25. The molecule has 6 nitrogen and oxygen atoms in total. The summed E-state index contributed by atoms with van der Waals surface area (Å²) in [4.78, 5) is 22.6. The fourth-order valence-corrected chi connectivity index (χ4v) is 2.71. The summed E-state index contributed by atoms with van der Waals surface area (Å²) in [6.07, 6.45) is 3.72. The van der Waals surface area contributed by atoms with Gasteiger partial charge in [-0.25, -0.2) is 4.39 Å². The van der Waals surface area contributed by atoms with Gasteiger partial charge >= 0.3 is 0 Å². The van der Waals surface area contributed by atoms with E-state index in [0.29, 0.717) is 0 Å². The van der Waals surface area contributed by atoms with Crippen LogP contribution in [0, 0.1) is 15.9 Å². The number of carbonyl (C=O) groups is 1. The summed E-state index contributed by atoms with van der Waals surface area (Å²) in [6.45, 7) is 1.92. The number of anilines is 1. The average Bonchev–Trinajstić information content (AvgIpc) is 2.84. The van der Waals surface area contributed by atoms with Gasteiger partial charge in [-0.15, -0.1) is 0 Å². The lowest BCUT2D eigenvalue weighted by Crippen LogP contribution is -2.43. The third kappa shape index (κ3) is 3.12. The van der Waals surface area contributed by atoms with E-state index in [2.05, 4.69) is 10.6 Å². The summed E-state index contributed by atoms with van der Waals surface area (Å²) < 4.78 is 13.6. The Labute approximate surface area is 121 Å². The molecule has 21 heavy (non-hydrogen) atoms. The van der Waals surface area contributed by atoms with Crippen LogP contribution in [0.3, 0.4) is 0 Å². The molecular weight excluding hydrogens is 277 g/mol. The van der Waals surface area contributed by atoms with Crippen molar-refractivity contribution >= 4 is 17.3 Å². The molecule has 0 radical (unpaired) electrons. The normalized spacial score (nSPS) is 16.5. The van der Waals surface area contributed by atoms with E-state index >= 15 is 0 Å². The highest BCUT2D eigenvalue weighted by Gasteiger charge is 2.33. The number of hydrogen-bond donors (Lipinski definition) is 2. The molecule has 1 saturated carbocycles. The van der Waals surface area contributed by atoms with Crippen molar-refractivity contribution in [2.24, 2.45) is 0 Å². The number of benzene rings is 1. The number of nitro benzene ring substituents is 1. The number of hydrogen-bond acceptors (Lipinski definition) is 4. The van der Waals surface area contributed by atoms with E-state index < -0.39 is 22.3 Å². The summed E-state index contributed by atoms with van der Waals surface area (Å²) in [5.41, 5.74) is -0.939. The molecule has 1 aliphatic rings. The standard InChI is InChI=1S/C14H18FN3O3/c1-14(5-3-4-6-14)17-13(19)9-7-11(16-2)10(15)8-12(9)18(20)21/h7-8,16H,3-6H2,1-2H3,(H,17,19). The van der Waals surface area contributed by atoms with Crippen LogP contribution in [0.5, 0.6) is 0 Å². The highest BCUT2D eigenvalue weighted by molar-refractivity contribution is 5.99. The molecule has 1 fully saturated rings. The molecule has 1 aromatic carbocycles. The van der Waals surface area contributed by atoms with Crippen molar-refractivity contribution in [2.45, 2.75) is 38.1 Å². The van der Waals surface area contributed by atoms with Crippen molar-refractivity contribution < 1.29 is 14.1 Å². The predicted molar refractivity (Wildman–Crippen MR) is 76.9 cm³/mol. The number of amides is 1. The number of carbonyl (C=O) groups excluding carboxylic acids is 1. The third-order valence-electron chi connectivity index (χ3n) is 3.92. The molecule has 2 rings (SSSR count). The van der Waals surface area contributed by atoms with Crippen LogP contribution in [0.15, 0.2) is 12.1 Å². The summed E-state index contributed by atoms with van der Waals surface area (Å²) in [7, 11) is 1.49. The van der Waals surface area contributed by atoms with E-state index in [1.807, 2.05) is 6.92 Å². The first kappa shape index (κ1) is 15.2. The first-order valence-electron chi connectivity index (χ1n) is 6.84. The van der Waals surface area contributed by atoms with Crippen molar-refractivity contribution in [3.63, 3.8) is 0 Å². The Hall–Kier alpha value is -2.18.